The van der Waals surface area contributed by atoms with E-state index in [0.717, 1.165) is 27.6 Å². The molecule has 0 spiro atoms. The molecule has 1 aliphatic rings. The lowest BCUT2D eigenvalue weighted by molar-refractivity contribution is -0.146. The number of aromatic amines is 1. The van der Waals surface area contributed by atoms with Crippen molar-refractivity contribution in [3.8, 4) is 0 Å². The molecule has 308 valence electrons. The largest absolute Gasteiger partial charge is 0.469 e. The lowest BCUT2D eigenvalue weighted by atomic mass is 9.97. The quantitative estimate of drug-likeness (QED) is 0.0597. The molecule has 57 heavy (non-hydrogen) atoms. The summed E-state index contributed by atoms with van der Waals surface area (Å²) in [5.41, 5.74) is 8.77. The Labute approximate surface area is 336 Å². The van der Waals surface area contributed by atoms with Crippen molar-refractivity contribution in [1.29, 1.82) is 0 Å². The Kier molecular flexibility index (Phi) is 16.7. The molecule has 17 heteroatoms. The maximum absolute atomic E-state index is 14.4. The van der Waals surface area contributed by atoms with Crippen molar-refractivity contribution in [3.63, 3.8) is 0 Å². The lowest BCUT2D eigenvalue weighted by Crippen LogP contribution is -2.60. The van der Waals surface area contributed by atoms with Crippen molar-refractivity contribution < 1.29 is 38.3 Å². The third-order valence-corrected chi connectivity index (χ3v) is 10.2. The first-order chi connectivity index (χ1) is 27.3. The lowest BCUT2D eigenvalue weighted by Gasteiger charge is -2.37. The number of carbonyl (C=O) groups is 7. The molecule has 0 aliphatic carbocycles. The van der Waals surface area contributed by atoms with Crippen LogP contribution < -0.4 is 27.0 Å². The van der Waals surface area contributed by atoms with E-state index in [1.54, 1.807) is 13.2 Å². The minimum atomic E-state index is -1.19. The van der Waals surface area contributed by atoms with Gasteiger partial charge in [-0.1, -0.05) is 48.0 Å². The summed E-state index contributed by atoms with van der Waals surface area (Å²) in [6, 6.07) is 10.1. The SMILES string of the molecule is COC(=O)CC[C@H](NC(=O)CCl)C(=O)N1CCCC[C@H]1C(=O)NC(Cc1c[nH]c2ccccc12)C(=O)N[C@@H](CCCNC(N)=O)C(=O)N(C)Cc1ccc(C)cc1. The van der Waals surface area contributed by atoms with Gasteiger partial charge in [0, 0.05) is 56.6 Å². The monoisotopic (exact) mass is 808 g/mol. The minimum absolute atomic E-state index is 0.0408. The maximum Gasteiger partial charge on any atom is 0.312 e. The fourth-order valence-electron chi connectivity index (χ4n) is 6.88. The van der Waals surface area contributed by atoms with Gasteiger partial charge >= 0.3 is 12.0 Å². The Bertz CT molecular complexity index is 1890. The number of primary amides is 1. The zero-order valence-corrected chi connectivity index (χ0v) is 33.4. The van der Waals surface area contributed by atoms with Gasteiger partial charge in [0.2, 0.25) is 29.5 Å². The zero-order chi connectivity index (χ0) is 41.5. The van der Waals surface area contributed by atoms with Crippen molar-refractivity contribution in [2.75, 3.05) is 33.1 Å². The van der Waals surface area contributed by atoms with Gasteiger partial charge in [-0.3, -0.25) is 28.8 Å². The van der Waals surface area contributed by atoms with Crippen LogP contribution in [0.2, 0.25) is 0 Å². The molecular weight excluding hydrogens is 756 g/mol. The van der Waals surface area contributed by atoms with E-state index in [1.807, 2.05) is 55.5 Å². The van der Waals surface area contributed by atoms with E-state index in [4.69, 9.17) is 22.1 Å². The second-order valence-electron chi connectivity index (χ2n) is 14.2. The average molecular weight is 809 g/mol. The van der Waals surface area contributed by atoms with Crippen molar-refractivity contribution in [2.24, 2.45) is 5.73 Å². The van der Waals surface area contributed by atoms with E-state index >= 15 is 0 Å². The van der Waals surface area contributed by atoms with Gasteiger partial charge < -0.3 is 46.5 Å². The van der Waals surface area contributed by atoms with Crippen LogP contribution in [0, 0.1) is 6.92 Å². The second kappa shape index (κ2) is 21.6. The van der Waals surface area contributed by atoms with Crippen molar-refractivity contribution in [3.05, 3.63) is 71.4 Å². The molecule has 1 unspecified atom stereocenters. The van der Waals surface area contributed by atoms with Crippen LogP contribution in [-0.4, -0.2) is 114 Å². The number of urea groups is 1. The Balaban J connectivity index is 1.61. The molecule has 1 saturated heterocycles. The summed E-state index contributed by atoms with van der Waals surface area (Å²) in [6.07, 6.45) is 3.52. The number of nitrogens with one attached hydrogen (secondary N) is 5. The first-order valence-corrected chi connectivity index (χ1v) is 19.6. The van der Waals surface area contributed by atoms with E-state index in [2.05, 4.69) is 26.3 Å². The van der Waals surface area contributed by atoms with E-state index in [9.17, 15) is 33.6 Å². The van der Waals surface area contributed by atoms with E-state index in [0.29, 0.717) is 19.3 Å². The molecule has 4 atom stereocenters. The normalized spacial score (nSPS) is 15.4. The highest BCUT2D eigenvalue weighted by Crippen LogP contribution is 2.22. The Hall–Kier alpha value is -5.64. The Morgan fingerprint density at radius 1 is 0.965 bits per heavy atom. The fourth-order valence-corrected chi connectivity index (χ4v) is 6.96. The number of alkyl halides is 1. The second-order valence-corrected chi connectivity index (χ2v) is 14.5. The summed E-state index contributed by atoms with van der Waals surface area (Å²) >= 11 is 5.72. The first-order valence-electron chi connectivity index (χ1n) is 19.0. The first kappa shape index (κ1) is 44.1. The van der Waals surface area contributed by atoms with Gasteiger partial charge in [0.05, 0.1) is 7.11 Å². The highest BCUT2D eigenvalue weighted by atomic mass is 35.5. The Morgan fingerprint density at radius 3 is 2.40 bits per heavy atom. The summed E-state index contributed by atoms with van der Waals surface area (Å²) in [7, 11) is 2.85. The highest BCUT2D eigenvalue weighted by molar-refractivity contribution is 6.27. The summed E-state index contributed by atoms with van der Waals surface area (Å²) in [6.45, 7) is 2.61. The topological polar surface area (TPSA) is 225 Å². The average Bonchev–Trinajstić information content (AvgIpc) is 3.62. The van der Waals surface area contributed by atoms with Crippen LogP contribution in [0.25, 0.3) is 10.9 Å². The molecule has 1 fully saturated rings. The third-order valence-electron chi connectivity index (χ3n) is 9.94. The van der Waals surface area contributed by atoms with Crippen LogP contribution >= 0.6 is 11.6 Å². The summed E-state index contributed by atoms with van der Waals surface area (Å²) < 4.78 is 4.72. The van der Waals surface area contributed by atoms with Gasteiger partial charge in [-0.15, -0.1) is 11.6 Å². The standard InChI is InChI=1S/C40H53ClN8O8/c1-25-13-15-26(16-14-25)24-48(2)38(54)30(11-8-19-43-40(42)56)46-36(52)32(21-27-23-44-29-10-5-4-9-28(27)29)47-37(53)33-12-6-7-20-49(33)39(55)31(45-34(50)22-41)17-18-35(51)57-3/h4-5,9-10,13-16,23,30-33,44H,6-8,11-12,17-22,24H2,1-3H3,(H,45,50)(H,46,52)(H,47,53)(H3,42,43,56)/t30-,31-,32?,33-/m0/s1. The number of para-hydroxylation sites is 1. The molecule has 7 N–H and O–H groups in total. The number of amides is 7. The molecule has 3 aromatic rings. The summed E-state index contributed by atoms with van der Waals surface area (Å²) in [4.78, 5) is 98.2. The third kappa shape index (κ3) is 13.0. The fraction of sp³-hybridized carbons (Fsp3) is 0.475. The van der Waals surface area contributed by atoms with Crippen molar-refractivity contribution >= 4 is 64.0 Å². The maximum atomic E-state index is 14.4. The smallest absolute Gasteiger partial charge is 0.312 e. The number of aryl methyl sites for hydroxylation is 1. The molecule has 0 bridgehead atoms. The van der Waals surface area contributed by atoms with Gasteiger partial charge in [-0.25, -0.2) is 4.79 Å². The number of hydrogen-bond acceptors (Lipinski definition) is 8. The number of nitrogens with two attached hydrogens (primary N) is 1. The molecule has 4 rings (SSSR count). The number of H-pyrrole nitrogens is 1. The van der Waals surface area contributed by atoms with Crippen LogP contribution in [0.3, 0.4) is 0 Å². The van der Waals surface area contributed by atoms with Crippen molar-refractivity contribution in [1.82, 2.24) is 36.1 Å². The number of piperidine rings is 1. The number of aromatic nitrogens is 1. The number of rotatable bonds is 19. The summed E-state index contributed by atoms with van der Waals surface area (Å²) in [5, 5.41) is 11.7. The highest BCUT2D eigenvalue weighted by Gasteiger charge is 2.38. The van der Waals surface area contributed by atoms with Crippen LogP contribution in [0.4, 0.5) is 4.79 Å². The number of hydrogen-bond donors (Lipinski definition) is 6. The number of likely N-dealkylation sites (tertiary alicyclic amines) is 1. The van der Waals surface area contributed by atoms with Crippen LogP contribution in [0.15, 0.2) is 54.7 Å². The van der Waals surface area contributed by atoms with Crippen LogP contribution in [-0.2, 0) is 46.5 Å². The van der Waals surface area contributed by atoms with Gasteiger partial charge in [-0.05, 0) is 62.6 Å². The number of halogens is 1. The van der Waals surface area contributed by atoms with Gasteiger partial charge in [0.1, 0.15) is 30.0 Å². The van der Waals surface area contributed by atoms with E-state index in [-0.39, 0.29) is 57.6 Å². The molecule has 2 aromatic carbocycles. The number of ether oxygens (including phenoxy) is 1. The molecule has 2 heterocycles. The van der Waals surface area contributed by atoms with Crippen LogP contribution in [0.1, 0.15) is 61.6 Å². The van der Waals surface area contributed by atoms with Gasteiger partial charge in [0.25, 0.3) is 0 Å². The predicted octanol–water partition coefficient (Wildman–Crippen LogP) is 2.15. The predicted molar refractivity (Wildman–Crippen MR) is 214 cm³/mol. The molecule has 0 saturated carbocycles. The molecule has 0 radical (unpaired) electrons. The summed E-state index contributed by atoms with van der Waals surface area (Å²) in [5.74, 6) is -3.77. The number of methoxy groups -OCH3 is 1. The van der Waals surface area contributed by atoms with Gasteiger partial charge in [-0.2, -0.15) is 0 Å². The number of fused-ring (bicyclic) bond motifs is 1. The number of carbonyl (C=O) groups excluding carboxylic acids is 7. The van der Waals surface area contributed by atoms with Crippen molar-refractivity contribution in [2.45, 2.75) is 89.0 Å². The number of nitrogens with zero attached hydrogens (tertiary/aromatic N) is 2. The van der Waals surface area contributed by atoms with E-state index < -0.39 is 65.7 Å². The molecule has 1 aromatic heterocycles. The van der Waals surface area contributed by atoms with Crippen LogP contribution in [0.5, 0.6) is 0 Å². The molecular formula is C40H53ClN8O8. The molecule has 7 amide bonds. The minimum Gasteiger partial charge on any atom is -0.469 e. The zero-order valence-electron chi connectivity index (χ0n) is 32.6. The van der Waals surface area contributed by atoms with Gasteiger partial charge in [0.15, 0.2) is 0 Å². The number of likely N-dealkylation sites (N-methyl/N-ethyl adjacent to an activating group) is 1. The van der Waals surface area contributed by atoms with E-state index in [1.165, 1.54) is 16.9 Å². The number of benzene rings is 2. The molecule has 16 nitrogen and oxygen atoms in total. The Morgan fingerprint density at radius 2 is 1.70 bits per heavy atom. The molecule has 1 aliphatic heterocycles. The number of esters is 1.